The Morgan fingerprint density at radius 1 is 1.22 bits per heavy atom. The molecule has 0 amide bonds. The first-order valence-electron chi connectivity index (χ1n) is 6.68. The van der Waals surface area contributed by atoms with Gasteiger partial charge in [0, 0.05) is 23.8 Å². The summed E-state index contributed by atoms with van der Waals surface area (Å²) < 4.78 is 10.8. The molecule has 0 spiro atoms. The number of nitriles is 1. The molecule has 6 heteroatoms. The van der Waals surface area contributed by atoms with E-state index in [0.717, 1.165) is 0 Å². The molecule has 0 saturated carbocycles. The third-order valence-corrected chi connectivity index (χ3v) is 3.16. The average molecular weight is 306 g/mol. The number of furan rings is 2. The van der Waals surface area contributed by atoms with Crippen molar-refractivity contribution in [2.24, 2.45) is 0 Å². The summed E-state index contributed by atoms with van der Waals surface area (Å²) in [7, 11) is 0. The molecule has 0 aliphatic carbocycles. The van der Waals surface area contributed by atoms with Gasteiger partial charge in [-0.05, 0) is 24.3 Å². The van der Waals surface area contributed by atoms with Crippen molar-refractivity contribution < 1.29 is 13.8 Å². The molecule has 0 radical (unpaired) electrons. The number of rotatable bonds is 4. The molecule has 0 fully saturated rings. The lowest BCUT2D eigenvalue weighted by atomic mass is 10.1. The zero-order valence-corrected chi connectivity index (χ0v) is 11.8. The van der Waals surface area contributed by atoms with Crippen LogP contribution >= 0.6 is 0 Å². The molecule has 0 aliphatic rings. The number of benzene rings is 1. The van der Waals surface area contributed by atoms with E-state index in [-0.39, 0.29) is 5.69 Å². The van der Waals surface area contributed by atoms with Gasteiger partial charge in [0.15, 0.2) is 0 Å². The van der Waals surface area contributed by atoms with Crippen LogP contribution in [0.3, 0.4) is 0 Å². The topological polar surface area (TPSA) is 93.2 Å². The van der Waals surface area contributed by atoms with Crippen LogP contribution in [0.1, 0.15) is 11.5 Å². The number of non-ortho nitro benzene ring substituents is 1. The molecule has 0 atom stereocenters. The summed E-state index contributed by atoms with van der Waals surface area (Å²) in [6.45, 7) is 0. The molecular formula is C17H10N2O4. The minimum Gasteiger partial charge on any atom is -0.464 e. The van der Waals surface area contributed by atoms with E-state index in [1.165, 1.54) is 18.4 Å². The molecule has 3 aromatic rings. The van der Waals surface area contributed by atoms with Gasteiger partial charge in [-0.2, -0.15) is 5.26 Å². The van der Waals surface area contributed by atoms with Gasteiger partial charge in [-0.15, -0.1) is 0 Å². The van der Waals surface area contributed by atoms with Crippen LogP contribution in [0.2, 0.25) is 0 Å². The van der Waals surface area contributed by atoms with Crippen LogP contribution in [0, 0.1) is 21.4 Å². The fourth-order valence-electron chi connectivity index (χ4n) is 2.09. The van der Waals surface area contributed by atoms with Gasteiger partial charge in [0.1, 0.15) is 23.3 Å². The number of hydrogen-bond acceptors (Lipinski definition) is 5. The van der Waals surface area contributed by atoms with Crippen molar-refractivity contribution in [3.8, 4) is 17.4 Å². The third kappa shape index (κ3) is 3.04. The van der Waals surface area contributed by atoms with Gasteiger partial charge in [0.25, 0.3) is 5.69 Å². The molecule has 2 aromatic heterocycles. The summed E-state index contributed by atoms with van der Waals surface area (Å²) in [6.07, 6.45) is 3.04. The highest BCUT2D eigenvalue weighted by Gasteiger charge is 2.11. The van der Waals surface area contributed by atoms with E-state index in [1.54, 1.807) is 42.5 Å². The molecule has 3 rings (SSSR count). The number of nitrogens with zero attached hydrogens (tertiary/aromatic N) is 2. The fourth-order valence-corrected chi connectivity index (χ4v) is 2.09. The largest absolute Gasteiger partial charge is 0.464 e. The van der Waals surface area contributed by atoms with Crippen molar-refractivity contribution in [3.05, 3.63) is 76.4 Å². The van der Waals surface area contributed by atoms with E-state index in [4.69, 9.17) is 8.83 Å². The summed E-state index contributed by atoms with van der Waals surface area (Å²) in [5, 5.41) is 20.0. The van der Waals surface area contributed by atoms with Crippen molar-refractivity contribution in [1.29, 1.82) is 5.26 Å². The Morgan fingerprint density at radius 3 is 2.78 bits per heavy atom. The second kappa shape index (κ2) is 6.03. The standard InChI is InChI=1S/C17H10N2O4/c18-11-13(16-5-2-8-22-16)10-15-6-7-17(23-15)12-3-1-4-14(9-12)19(20)21/h1-10H/b13-10+. The first-order chi connectivity index (χ1) is 11.2. The van der Waals surface area contributed by atoms with Gasteiger partial charge in [0.2, 0.25) is 0 Å². The maximum atomic E-state index is 10.8. The van der Waals surface area contributed by atoms with Crippen LogP contribution in [-0.2, 0) is 0 Å². The summed E-state index contributed by atoms with van der Waals surface area (Å²) in [5.41, 5.74) is 0.912. The lowest BCUT2D eigenvalue weighted by Crippen LogP contribution is -1.87. The normalized spacial score (nSPS) is 11.2. The van der Waals surface area contributed by atoms with E-state index < -0.39 is 4.92 Å². The summed E-state index contributed by atoms with van der Waals surface area (Å²) in [5.74, 6) is 1.39. The van der Waals surface area contributed by atoms with Crippen LogP contribution in [0.25, 0.3) is 23.0 Å². The zero-order chi connectivity index (χ0) is 16.2. The first-order valence-corrected chi connectivity index (χ1v) is 6.68. The van der Waals surface area contributed by atoms with Gasteiger partial charge in [-0.3, -0.25) is 10.1 Å². The van der Waals surface area contributed by atoms with Gasteiger partial charge in [-0.1, -0.05) is 12.1 Å². The molecule has 0 saturated heterocycles. The third-order valence-electron chi connectivity index (χ3n) is 3.16. The number of nitro groups is 1. The predicted octanol–water partition coefficient (Wildman–Crippen LogP) is 4.51. The SMILES string of the molecule is N#C/C(=C\c1ccc(-c2cccc([N+](=O)[O-])c2)o1)c1ccco1. The smallest absolute Gasteiger partial charge is 0.270 e. The van der Waals surface area contributed by atoms with Crippen LogP contribution < -0.4 is 0 Å². The van der Waals surface area contributed by atoms with E-state index in [2.05, 4.69) is 0 Å². The Labute approximate surface area is 131 Å². The molecule has 112 valence electrons. The van der Waals surface area contributed by atoms with Crippen LogP contribution in [0.15, 0.2) is 63.6 Å². The Balaban J connectivity index is 1.93. The Hall–Kier alpha value is -3.59. The van der Waals surface area contributed by atoms with E-state index >= 15 is 0 Å². The Bertz CT molecular complexity index is 914. The molecule has 23 heavy (non-hydrogen) atoms. The lowest BCUT2D eigenvalue weighted by Gasteiger charge is -1.97. The molecule has 6 nitrogen and oxygen atoms in total. The summed E-state index contributed by atoms with van der Waals surface area (Å²) in [6, 6.07) is 15.0. The van der Waals surface area contributed by atoms with Crippen molar-refractivity contribution in [2.75, 3.05) is 0 Å². The number of allylic oxidation sites excluding steroid dienone is 1. The highest BCUT2D eigenvalue weighted by molar-refractivity contribution is 5.86. The van der Waals surface area contributed by atoms with Gasteiger partial charge in [-0.25, -0.2) is 0 Å². The quantitative estimate of drug-likeness (QED) is 0.401. The van der Waals surface area contributed by atoms with Crippen molar-refractivity contribution in [2.45, 2.75) is 0 Å². The summed E-state index contributed by atoms with van der Waals surface area (Å²) >= 11 is 0. The number of hydrogen-bond donors (Lipinski definition) is 0. The van der Waals surface area contributed by atoms with E-state index in [9.17, 15) is 15.4 Å². The number of nitro benzene ring substituents is 1. The van der Waals surface area contributed by atoms with Crippen molar-refractivity contribution >= 4 is 17.3 Å². The second-order valence-electron chi connectivity index (χ2n) is 4.66. The van der Waals surface area contributed by atoms with Crippen LogP contribution in [-0.4, -0.2) is 4.92 Å². The fraction of sp³-hybridized carbons (Fsp3) is 0. The van der Waals surface area contributed by atoms with Gasteiger partial charge < -0.3 is 8.83 Å². The van der Waals surface area contributed by atoms with Crippen LogP contribution in [0.5, 0.6) is 0 Å². The first kappa shape index (κ1) is 14.4. The Kier molecular flexibility index (Phi) is 3.77. The van der Waals surface area contributed by atoms with E-state index in [1.807, 2.05) is 6.07 Å². The lowest BCUT2D eigenvalue weighted by molar-refractivity contribution is -0.384. The summed E-state index contributed by atoms with van der Waals surface area (Å²) in [4.78, 5) is 10.4. The molecule has 0 bridgehead atoms. The molecule has 0 unspecified atom stereocenters. The molecule has 2 heterocycles. The highest BCUT2D eigenvalue weighted by Crippen LogP contribution is 2.27. The minimum absolute atomic E-state index is 0.00992. The minimum atomic E-state index is -0.460. The van der Waals surface area contributed by atoms with E-state index in [0.29, 0.717) is 28.4 Å². The van der Waals surface area contributed by atoms with Crippen molar-refractivity contribution in [3.63, 3.8) is 0 Å². The highest BCUT2D eigenvalue weighted by atomic mass is 16.6. The maximum absolute atomic E-state index is 10.8. The zero-order valence-electron chi connectivity index (χ0n) is 11.8. The maximum Gasteiger partial charge on any atom is 0.270 e. The van der Waals surface area contributed by atoms with Gasteiger partial charge >= 0.3 is 0 Å². The van der Waals surface area contributed by atoms with Crippen molar-refractivity contribution in [1.82, 2.24) is 0 Å². The monoisotopic (exact) mass is 306 g/mol. The molecule has 1 aromatic carbocycles. The van der Waals surface area contributed by atoms with Gasteiger partial charge in [0.05, 0.1) is 16.8 Å². The Morgan fingerprint density at radius 2 is 2.09 bits per heavy atom. The second-order valence-corrected chi connectivity index (χ2v) is 4.66. The molecule has 0 aliphatic heterocycles. The molecular weight excluding hydrogens is 296 g/mol. The van der Waals surface area contributed by atoms with Crippen LogP contribution in [0.4, 0.5) is 5.69 Å². The average Bonchev–Trinajstić information content (AvgIpc) is 3.24. The predicted molar refractivity (Wildman–Crippen MR) is 83.0 cm³/mol. The molecule has 0 N–H and O–H groups in total.